The molecule has 16 heavy (non-hydrogen) atoms. The van der Waals surface area contributed by atoms with Gasteiger partial charge in [-0.25, -0.2) is 18.6 Å². The van der Waals surface area contributed by atoms with Crippen molar-refractivity contribution in [2.45, 2.75) is 6.43 Å². The first-order valence-electron chi connectivity index (χ1n) is 4.11. The summed E-state index contributed by atoms with van der Waals surface area (Å²) in [5.41, 5.74) is -0.495. The minimum Gasteiger partial charge on any atom is -0.493 e. The molecule has 0 N–H and O–H groups in total. The second kappa shape index (κ2) is 5.20. The zero-order valence-electron chi connectivity index (χ0n) is 8.46. The van der Waals surface area contributed by atoms with E-state index in [1.165, 1.54) is 14.2 Å². The molecule has 0 aliphatic rings. The van der Waals surface area contributed by atoms with Crippen LogP contribution in [0.4, 0.5) is 8.78 Å². The maximum Gasteiger partial charge on any atom is 0.360 e. The molecule has 0 unspecified atom stereocenters. The van der Waals surface area contributed by atoms with Crippen molar-refractivity contribution >= 4 is 21.9 Å². The molecule has 1 aromatic rings. The zero-order valence-corrected chi connectivity index (χ0v) is 10.0. The third-order valence-corrected chi connectivity index (χ3v) is 2.64. The maximum atomic E-state index is 12.5. The largest absolute Gasteiger partial charge is 0.493 e. The van der Waals surface area contributed by atoms with E-state index in [1.807, 2.05) is 0 Å². The highest BCUT2D eigenvalue weighted by Gasteiger charge is 2.23. The smallest absolute Gasteiger partial charge is 0.360 e. The first kappa shape index (κ1) is 12.8. The van der Waals surface area contributed by atoms with Crippen LogP contribution in [-0.4, -0.2) is 25.2 Å². The van der Waals surface area contributed by atoms with Gasteiger partial charge in [0.2, 0.25) is 0 Å². The van der Waals surface area contributed by atoms with Crippen molar-refractivity contribution in [3.05, 3.63) is 21.9 Å². The molecule has 0 radical (unpaired) electrons. The number of pyridine rings is 1. The Balaban J connectivity index is 3.35. The van der Waals surface area contributed by atoms with E-state index in [0.717, 1.165) is 6.20 Å². The molecule has 0 aromatic carbocycles. The lowest BCUT2D eigenvalue weighted by molar-refractivity contribution is 0.0589. The Labute approximate surface area is 98.7 Å². The molecule has 0 saturated heterocycles. The van der Waals surface area contributed by atoms with Crippen LogP contribution in [0.5, 0.6) is 5.75 Å². The third-order valence-electron chi connectivity index (χ3n) is 1.82. The van der Waals surface area contributed by atoms with Gasteiger partial charge in [0, 0.05) is 6.20 Å². The number of aromatic nitrogens is 1. The Morgan fingerprint density at radius 2 is 2.12 bits per heavy atom. The van der Waals surface area contributed by atoms with Crippen LogP contribution in [-0.2, 0) is 4.74 Å². The van der Waals surface area contributed by atoms with Gasteiger partial charge in [0.25, 0.3) is 6.43 Å². The van der Waals surface area contributed by atoms with Gasteiger partial charge in [-0.3, -0.25) is 0 Å². The number of alkyl halides is 2. The lowest BCUT2D eigenvalue weighted by Gasteiger charge is -2.11. The van der Waals surface area contributed by atoms with E-state index in [9.17, 15) is 13.6 Å². The molecule has 0 aliphatic carbocycles. The Morgan fingerprint density at radius 1 is 1.50 bits per heavy atom. The number of carbonyl (C=O) groups excluding carboxylic acids is 1. The summed E-state index contributed by atoms with van der Waals surface area (Å²) in [5, 5.41) is 0. The van der Waals surface area contributed by atoms with E-state index in [4.69, 9.17) is 4.74 Å². The summed E-state index contributed by atoms with van der Waals surface area (Å²) in [4.78, 5) is 14.8. The summed E-state index contributed by atoms with van der Waals surface area (Å²) in [6.07, 6.45) is -1.80. The summed E-state index contributed by atoms with van der Waals surface area (Å²) in [7, 11) is 2.42. The van der Waals surface area contributed by atoms with Crippen LogP contribution < -0.4 is 4.74 Å². The predicted octanol–water partition coefficient (Wildman–Crippen LogP) is 2.58. The number of nitrogens with zero attached hydrogens (tertiary/aromatic N) is 1. The minimum atomic E-state index is -2.71. The van der Waals surface area contributed by atoms with E-state index in [-0.39, 0.29) is 21.5 Å². The van der Waals surface area contributed by atoms with Crippen molar-refractivity contribution in [3.63, 3.8) is 0 Å². The first-order valence-corrected chi connectivity index (χ1v) is 4.91. The lowest BCUT2D eigenvalue weighted by atomic mass is 10.2. The third kappa shape index (κ3) is 2.29. The highest BCUT2D eigenvalue weighted by Crippen LogP contribution is 2.36. The average molecular weight is 296 g/mol. The van der Waals surface area contributed by atoms with Gasteiger partial charge in [-0.2, -0.15) is 0 Å². The number of rotatable bonds is 3. The number of hydrogen-bond acceptors (Lipinski definition) is 4. The molecule has 0 aliphatic heterocycles. The van der Waals surface area contributed by atoms with E-state index in [1.54, 1.807) is 0 Å². The van der Waals surface area contributed by atoms with Crippen molar-refractivity contribution in [2.24, 2.45) is 0 Å². The van der Waals surface area contributed by atoms with E-state index in [0.29, 0.717) is 0 Å². The van der Waals surface area contributed by atoms with Crippen molar-refractivity contribution in [1.82, 2.24) is 4.98 Å². The molecule has 1 aromatic heterocycles. The molecule has 1 rings (SSSR count). The summed E-state index contributed by atoms with van der Waals surface area (Å²) in [6.45, 7) is 0. The Hall–Kier alpha value is -1.24. The van der Waals surface area contributed by atoms with Crippen molar-refractivity contribution in [3.8, 4) is 5.75 Å². The van der Waals surface area contributed by atoms with Gasteiger partial charge < -0.3 is 9.47 Å². The topological polar surface area (TPSA) is 48.4 Å². The second-order valence-electron chi connectivity index (χ2n) is 2.70. The quantitative estimate of drug-likeness (QED) is 0.804. The summed E-state index contributed by atoms with van der Waals surface area (Å²) < 4.78 is 34.3. The standard InChI is InChI=1S/C9H8BrF2NO3/c1-15-7-5(10)4(8(11)12)3-13-6(7)9(14)16-2/h3,8H,1-2H3. The molecule has 1 heterocycles. The Kier molecular flexibility index (Phi) is 4.17. The number of hydrogen-bond donors (Lipinski definition) is 0. The van der Waals surface area contributed by atoms with Gasteiger partial charge in [0.15, 0.2) is 11.4 Å². The second-order valence-corrected chi connectivity index (χ2v) is 3.49. The Bertz CT molecular complexity index is 412. The van der Waals surface area contributed by atoms with Gasteiger partial charge in [-0.05, 0) is 15.9 Å². The molecular weight excluding hydrogens is 288 g/mol. The van der Waals surface area contributed by atoms with E-state index < -0.39 is 12.4 Å². The van der Waals surface area contributed by atoms with Gasteiger partial charge in [0.1, 0.15) is 0 Å². The van der Waals surface area contributed by atoms with Gasteiger partial charge in [-0.15, -0.1) is 0 Å². The van der Waals surface area contributed by atoms with Crippen molar-refractivity contribution in [2.75, 3.05) is 14.2 Å². The van der Waals surface area contributed by atoms with Crippen LogP contribution in [0.25, 0.3) is 0 Å². The fourth-order valence-electron chi connectivity index (χ4n) is 1.06. The lowest BCUT2D eigenvalue weighted by Crippen LogP contribution is -2.08. The minimum absolute atomic E-state index is 0.000370. The molecule has 0 amide bonds. The van der Waals surface area contributed by atoms with Crippen molar-refractivity contribution < 1.29 is 23.0 Å². The monoisotopic (exact) mass is 295 g/mol. The van der Waals surface area contributed by atoms with Gasteiger partial charge in [0.05, 0.1) is 24.3 Å². The van der Waals surface area contributed by atoms with Crippen LogP contribution in [0.1, 0.15) is 22.5 Å². The van der Waals surface area contributed by atoms with Crippen molar-refractivity contribution in [1.29, 1.82) is 0 Å². The highest BCUT2D eigenvalue weighted by atomic mass is 79.9. The van der Waals surface area contributed by atoms with Crippen LogP contribution in [0.3, 0.4) is 0 Å². The highest BCUT2D eigenvalue weighted by molar-refractivity contribution is 9.10. The average Bonchev–Trinajstić information content (AvgIpc) is 2.26. The summed E-state index contributed by atoms with van der Waals surface area (Å²) >= 11 is 2.94. The fourth-order valence-corrected chi connectivity index (χ4v) is 1.69. The number of methoxy groups -OCH3 is 2. The van der Waals surface area contributed by atoms with Gasteiger partial charge >= 0.3 is 5.97 Å². The van der Waals surface area contributed by atoms with Gasteiger partial charge in [-0.1, -0.05) is 0 Å². The SMILES string of the molecule is COC(=O)c1ncc(C(F)F)c(Br)c1OC. The number of esters is 1. The normalized spacial score (nSPS) is 10.4. The van der Waals surface area contributed by atoms with Crippen LogP contribution in [0, 0.1) is 0 Å². The fraction of sp³-hybridized carbons (Fsp3) is 0.333. The molecule has 4 nitrogen and oxygen atoms in total. The van der Waals surface area contributed by atoms with E-state index in [2.05, 4.69) is 25.7 Å². The van der Waals surface area contributed by atoms with E-state index >= 15 is 0 Å². The van der Waals surface area contributed by atoms with Crippen LogP contribution in [0.15, 0.2) is 10.7 Å². The number of carbonyl (C=O) groups is 1. The molecule has 0 fully saturated rings. The zero-order chi connectivity index (χ0) is 12.3. The first-order chi connectivity index (χ1) is 7.52. The van der Waals surface area contributed by atoms with Crippen LogP contribution in [0.2, 0.25) is 0 Å². The predicted molar refractivity (Wildman–Crippen MR) is 54.8 cm³/mol. The summed E-state index contributed by atoms with van der Waals surface area (Å²) in [5.74, 6) is -0.817. The number of halogens is 3. The maximum absolute atomic E-state index is 12.5. The molecular formula is C9H8BrF2NO3. The molecule has 0 saturated carbocycles. The Morgan fingerprint density at radius 3 is 2.56 bits per heavy atom. The summed E-state index contributed by atoms with van der Waals surface area (Å²) in [6, 6.07) is 0. The molecule has 88 valence electrons. The molecule has 7 heteroatoms. The molecule has 0 atom stereocenters. The molecule has 0 bridgehead atoms. The van der Waals surface area contributed by atoms with Crippen LogP contribution >= 0.6 is 15.9 Å². The molecule has 0 spiro atoms. The number of ether oxygens (including phenoxy) is 2.